The average molecular weight is 259 g/mol. The molecule has 1 amide bonds. The number of pyridine rings is 1. The van der Waals surface area contributed by atoms with Gasteiger partial charge in [-0.1, -0.05) is 11.6 Å². The molecule has 1 aromatic rings. The van der Waals surface area contributed by atoms with Gasteiger partial charge in [-0.3, -0.25) is 9.78 Å². The highest BCUT2D eigenvalue weighted by molar-refractivity contribution is 7.98. The Morgan fingerprint density at radius 3 is 2.94 bits per heavy atom. The molecule has 1 heterocycles. The van der Waals surface area contributed by atoms with Crippen molar-refractivity contribution in [2.45, 2.75) is 13.0 Å². The van der Waals surface area contributed by atoms with Crippen molar-refractivity contribution in [2.24, 2.45) is 0 Å². The maximum atomic E-state index is 12.1. The molecule has 0 saturated heterocycles. The Balaban J connectivity index is 2.82. The van der Waals surface area contributed by atoms with E-state index in [1.54, 1.807) is 36.0 Å². The van der Waals surface area contributed by atoms with Crippen molar-refractivity contribution < 1.29 is 4.79 Å². The van der Waals surface area contributed by atoms with Crippen LogP contribution in [0.15, 0.2) is 18.5 Å². The molecule has 0 aromatic carbocycles. The van der Waals surface area contributed by atoms with E-state index < -0.39 is 0 Å². The number of rotatable bonds is 4. The number of thioether (sulfide) groups is 1. The third-order valence-electron chi connectivity index (χ3n) is 2.39. The van der Waals surface area contributed by atoms with Crippen LogP contribution in [0.4, 0.5) is 0 Å². The topological polar surface area (TPSA) is 33.2 Å². The Kier molecular flexibility index (Phi) is 5.09. The SMILES string of the molecule is CSCC(C)N(C)C(=O)c1ccncc1Cl. The molecule has 1 unspecified atom stereocenters. The highest BCUT2D eigenvalue weighted by Crippen LogP contribution is 2.17. The van der Waals surface area contributed by atoms with Crippen LogP contribution in [0.3, 0.4) is 0 Å². The van der Waals surface area contributed by atoms with Crippen molar-refractivity contribution in [3.8, 4) is 0 Å². The lowest BCUT2D eigenvalue weighted by Gasteiger charge is -2.24. The zero-order chi connectivity index (χ0) is 12.1. The van der Waals surface area contributed by atoms with Gasteiger partial charge in [0.1, 0.15) is 0 Å². The molecule has 0 bridgehead atoms. The Morgan fingerprint density at radius 1 is 1.69 bits per heavy atom. The van der Waals surface area contributed by atoms with Gasteiger partial charge in [-0.2, -0.15) is 11.8 Å². The van der Waals surface area contributed by atoms with Gasteiger partial charge < -0.3 is 4.90 Å². The molecule has 1 atom stereocenters. The molecule has 0 aliphatic carbocycles. The first kappa shape index (κ1) is 13.3. The van der Waals surface area contributed by atoms with E-state index in [0.29, 0.717) is 10.6 Å². The van der Waals surface area contributed by atoms with Gasteiger partial charge in [-0.05, 0) is 19.2 Å². The zero-order valence-electron chi connectivity index (χ0n) is 9.61. The summed E-state index contributed by atoms with van der Waals surface area (Å²) in [7, 11) is 1.79. The molecule has 0 spiro atoms. The van der Waals surface area contributed by atoms with E-state index in [-0.39, 0.29) is 11.9 Å². The third-order valence-corrected chi connectivity index (χ3v) is 3.51. The molecule has 5 heteroatoms. The van der Waals surface area contributed by atoms with Crippen molar-refractivity contribution in [1.29, 1.82) is 0 Å². The van der Waals surface area contributed by atoms with Crippen LogP contribution in [0, 0.1) is 0 Å². The van der Waals surface area contributed by atoms with E-state index in [4.69, 9.17) is 11.6 Å². The molecule has 88 valence electrons. The molecule has 0 saturated carbocycles. The minimum atomic E-state index is -0.0612. The van der Waals surface area contributed by atoms with E-state index >= 15 is 0 Å². The second-order valence-corrected chi connectivity index (χ2v) is 4.89. The van der Waals surface area contributed by atoms with Gasteiger partial charge in [-0.25, -0.2) is 0 Å². The summed E-state index contributed by atoms with van der Waals surface area (Å²) in [4.78, 5) is 17.7. The maximum absolute atomic E-state index is 12.1. The first-order chi connectivity index (χ1) is 7.57. The highest BCUT2D eigenvalue weighted by atomic mass is 35.5. The molecular formula is C11H15ClN2OS. The lowest BCUT2D eigenvalue weighted by molar-refractivity contribution is 0.0757. The number of carbonyl (C=O) groups is 1. The van der Waals surface area contributed by atoms with Gasteiger partial charge in [0.25, 0.3) is 5.91 Å². The van der Waals surface area contributed by atoms with Gasteiger partial charge in [0.15, 0.2) is 0 Å². The summed E-state index contributed by atoms with van der Waals surface area (Å²) in [5.74, 6) is 0.847. The van der Waals surface area contributed by atoms with Gasteiger partial charge in [0, 0.05) is 31.2 Å². The van der Waals surface area contributed by atoms with Crippen molar-refractivity contribution in [3.05, 3.63) is 29.0 Å². The lowest BCUT2D eigenvalue weighted by atomic mass is 10.2. The van der Waals surface area contributed by atoms with Gasteiger partial charge in [0.05, 0.1) is 10.6 Å². The van der Waals surface area contributed by atoms with Crippen LogP contribution < -0.4 is 0 Å². The van der Waals surface area contributed by atoms with Crippen molar-refractivity contribution in [3.63, 3.8) is 0 Å². The molecule has 1 rings (SSSR count). The molecule has 3 nitrogen and oxygen atoms in total. The van der Waals surface area contributed by atoms with E-state index in [0.717, 1.165) is 5.75 Å². The van der Waals surface area contributed by atoms with E-state index in [2.05, 4.69) is 4.98 Å². The summed E-state index contributed by atoms with van der Waals surface area (Å²) in [5.41, 5.74) is 0.507. The Hall–Kier alpha value is -0.740. The number of hydrogen-bond acceptors (Lipinski definition) is 3. The number of nitrogens with zero attached hydrogens (tertiary/aromatic N) is 2. The van der Waals surface area contributed by atoms with Crippen LogP contribution in [0.1, 0.15) is 17.3 Å². The van der Waals surface area contributed by atoms with Crippen molar-refractivity contribution in [1.82, 2.24) is 9.88 Å². The molecule has 1 aromatic heterocycles. The quantitative estimate of drug-likeness (QED) is 0.832. The predicted molar refractivity (Wildman–Crippen MR) is 69.2 cm³/mol. The summed E-state index contributed by atoms with van der Waals surface area (Å²) in [6.45, 7) is 2.02. The van der Waals surface area contributed by atoms with Crippen molar-refractivity contribution >= 4 is 29.3 Å². The summed E-state index contributed by atoms with van der Waals surface area (Å²) in [5, 5.41) is 0.399. The van der Waals surface area contributed by atoms with Crippen LogP contribution in [0.25, 0.3) is 0 Å². The monoisotopic (exact) mass is 258 g/mol. The second-order valence-electron chi connectivity index (χ2n) is 3.58. The Morgan fingerprint density at radius 2 is 2.38 bits per heavy atom. The van der Waals surface area contributed by atoms with E-state index in [9.17, 15) is 4.79 Å². The van der Waals surface area contributed by atoms with Crippen LogP contribution >= 0.6 is 23.4 Å². The number of carbonyl (C=O) groups excluding carboxylic acids is 1. The predicted octanol–water partition coefficient (Wildman–Crippen LogP) is 2.56. The van der Waals surface area contributed by atoms with Crippen LogP contribution in [0.5, 0.6) is 0 Å². The van der Waals surface area contributed by atoms with E-state index in [1.807, 2.05) is 13.2 Å². The molecule has 0 radical (unpaired) electrons. The first-order valence-electron chi connectivity index (χ1n) is 4.93. The molecule has 0 aliphatic rings. The van der Waals surface area contributed by atoms with Gasteiger partial charge in [0.2, 0.25) is 0 Å². The third kappa shape index (κ3) is 3.12. The number of aromatic nitrogens is 1. The van der Waals surface area contributed by atoms with Crippen LogP contribution in [-0.2, 0) is 0 Å². The van der Waals surface area contributed by atoms with Crippen molar-refractivity contribution in [2.75, 3.05) is 19.1 Å². The molecule has 0 N–H and O–H groups in total. The summed E-state index contributed by atoms with van der Waals surface area (Å²) in [6.07, 6.45) is 5.09. The molecular weight excluding hydrogens is 244 g/mol. The van der Waals surface area contributed by atoms with Crippen LogP contribution in [-0.4, -0.2) is 40.9 Å². The smallest absolute Gasteiger partial charge is 0.255 e. The number of halogens is 1. The minimum Gasteiger partial charge on any atom is -0.338 e. The summed E-state index contributed by atoms with van der Waals surface area (Å²) >= 11 is 7.65. The normalized spacial score (nSPS) is 12.2. The minimum absolute atomic E-state index is 0.0612. The number of hydrogen-bond donors (Lipinski definition) is 0. The standard InChI is InChI=1S/C11H15ClN2OS/c1-8(7-16-3)14(2)11(15)9-4-5-13-6-10(9)12/h4-6,8H,7H2,1-3H3. The van der Waals surface area contributed by atoms with Gasteiger partial charge in [-0.15, -0.1) is 0 Å². The van der Waals surface area contributed by atoms with E-state index in [1.165, 1.54) is 6.20 Å². The zero-order valence-corrected chi connectivity index (χ0v) is 11.2. The Bertz CT molecular complexity index is 373. The molecule has 16 heavy (non-hydrogen) atoms. The fourth-order valence-corrected chi connectivity index (χ4v) is 2.20. The number of amides is 1. The first-order valence-corrected chi connectivity index (χ1v) is 6.70. The Labute approximate surface area is 105 Å². The van der Waals surface area contributed by atoms with Crippen LogP contribution in [0.2, 0.25) is 5.02 Å². The fourth-order valence-electron chi connectivity index (χ4n) is 1.29. The largest absolute Gasteiger partial charge is 0.338 e. The molecule has 0 aliphatic heterocycles. The fraction of sp³-hybridized carbons (Fsp3) is 0.455. The molecule has 0 fully saturated rings. The second kappa shape index (κ2) is 6.11. The highest BCUT2D eigenvalue weighted by Gasteiger charge is 2.19. The maximum Gasteiger partial charge on any atom is 0.255 e. The summed E-state index contributed by atoms with van der Waals surface area (Å²) < 4.78 is 0. The summed E-state index contributed by atoms with van der Waals surface area (Å²) in [6, 6.07) is 1.83. The van der Waals surface area contributed by atoms with Gasteiger partial charge >= 0.3 is 0 Å². The lowest BCUT2D eigenvalue weighted by Crippen LogP contribution is -2.36. The average Bonchev–Trinajstić information content (AvgIpc) is 2.28.